The normalized spacial score (nSPS) is 12.1. The van der Waals surface area contributed by atoms with Crippen LogP contribution in [-0.2, 0) is 0 Å². The van der Waals surface area contributed by atoms with E-state index < -0.39 is 12.6 Å². The largest absolute Gasteiger partial charge is 0.493 e. The zero-order valence-electron chi connectivity index (χ0n) is 16.1. The number of hydrogen-bond donors (Lipinski definition) is 2. The second kappa shape index (κ2) is 10.5. The van der Waals surface area contributed by atoms with Gasteiger partial charge < -0.3 is 24.5 Å². The lowest BCUT2D eigenvalue weighted by atomic mass is 10.2. The smallest absolute Gasteiger partial charge is 0.387 e. The van der Waals surface area contributed by atoms with E-state index in [1.165, 1.54) is 25.3 Å². The van der Waals surface area contributed by atoms with Crippen molar-refractivity contribution in [2.24, 2.45) is 0 Å². The minimum atomic E-state index is -3.00. The van der Waals surface area contributed by atoms with E-state index in [4.69, 9.17) is 9.15 Å². The molecule has 1 atom stereocenters. The molecule has 2 aromatic rings. The van der Waals surface area contributed by atoms with E-state index in [-0.39, 0.29) is 17.5 Å². The molecule has 0 saturated heterocycles. The van der Waals surface area contributed by atoms with E-state index in [2.05, 4.69) is 20.3 Å². The van der Waals surface area contributed by atoms with Crippen LogP contribution in [0.4, 0.5) is 19.3 Å². The molecule has 0 aliphatic rings. The second-order valence-electron chi connectivity index (χ2n) is 5.83. The number of ether oxygens (including phenoxy) is 2. The van der Waals surface area contributed by atoms with Crippen LogP contribution in [0.3, 0.4) is 0 Å². The van der Waals surface area contributed by atoms with E-state index in [9.17, 15) is 13.6 Å². The van der Waals surface area contributed by atoms with Crippen LogP contribution in [0, 0.1) is 0 Å². The summed E-state index contributed by atoms with van der Waals surface area (Å²) in [6, 6.07) is 7.31. The fourth-order valence-corrected chi connectivity index (χ4v) is 2.86. The number of benzene rings is 1. The van der Waals surface area contributed by atoms with Gasteiger partial charge in [0.2, 0.25) is 0 Å². The molecule has 1 aromatic heterocycles. The van der Waals surface area contributed by atoms with Crippen molar-refractivity contribution in [3.63, 3.8) is 0 Å². The standard InChI is InChI=1S/C19H25F2N3O4/c1-4-24(5-2)14(15-7-6-10-27-15)12-22-19(25)23-13-8-9-16(26-3)17(11-13)28-18(20)21/h6-11,14,18H,4-5,12H2,1-3H3,(H2,22,23,25). The number of furan rings is 1. The van der Waals surface area contributed by atoms with Gasteiger partial charge in [-0.3, -0.25) is 4.90 Å². The number of nitrogens with one attached hydrogen (secondary N) is 2. The highest BCUT2D eigenvalue weighted by atomic mass is 19.3. The van der Waals surface area contributed by atoms with Gasteiger partial charge in [-0.25, -0.2) is 4.79 Å². The van der Waals surface area contributed by atoms with Gasteiger partial charge in [-0.1, -0.05) is 13.8 Å². The Bertz CT molecular complexity index is 737. The van der Waals surface area contributed by atoms with Crippen molar-refractivity contribution < 1.29 is 27.5 Å². The lowest BCUT2D eigenvalue weighted by Crippen LogP contribution is -2.39. The van der Waals surface area contributed by atoms with E-state index in [0.29, 0.717) is 12.2 Å². The summed E-state index contributed by atoms with van der Waals surface area (Å²) in [5, 5.41) is 5.39. The summed E-state index contributed by atoms with van der Waals surface area (Å²) in [5.74, 6) is 0.735. The van der Waals surface area contributed by atoms with Crippen LogP contribution in [0.25, 0.3) is 0 Å². The van der Waals surface area contributed by atoms with E-state index in [0.717, 1.165) is 18.8 Å². The summed E-state index contributed by atoms with van der Waals surface area (Å²) < 4.78 is 39.9. The highest BCUT2D eigenvalue weighted by Crippen LogP contribution is 2.31. The van der Waals surface area contributed by atoms with Crippen molar-refractivity contribution in [3.05, 3.63) is 42.4 Å². The van der Waals surface area contributed by atoms with Crippen LogP contribution in [0.1, 0.15) is 25.6 Å². The second-order valence-corrected chi connectivity index (χ2v) is 5.83. The van der Waals surface area contributed by atoms with Crippen LogP contribution >= 0.6 is 0 Å². The molecule has 7 nitrogen and oxygen atoms in total. The van der Waals surface area contributed by atoms with E-state index in [1.807, 2.05) is 19.9 Å². The molecular formula is C19H25F2N3O4. The number of urea groups is 1. The minimum Gasteiger partial charge on any atom is -0.493 e. The van der Waals surface area contributed by atoms with Gasteiger partial charge in [0.05, 0.1) is 19.4 Å². The Morgan fingerprint density at radius 2 is 1.96 bits per heavy atom. The van der Waals surface area contributed by atoms with Gasteiger partial charge in [0.25, 0.3) is 0 Å². The van der Waals surface area contributed by atoms with Gasteiger partial charge in [0.1, 0.15) is 5.76 Å². The van der Waals surface area contributed by atoms with Crippen molar-refractivity contribution in [2.75, 3.05) is 32.1 Å². The summed E-state index contributed by atoms with van der Waals surface area (Å²) in [7, 11) is 1.34. The molecule has 2 rings (SSSR count). The molecule has 0 saturated carbocycles. The summed E-state index contributed by atoms with van der Waals surface area (Å²) in [5.41, 5.74) is 0.298. The Balaban J connectivity index is 2.02. The topological polar surface area (TPSA) is 76.0 Å². The number of methoxy groups -OCH3 is 1. The highest BCUT2D eigenvalue weighted by Gasteiger charge is 2.21. The molecule has 0 fully saturated rings. The van der Waals surface area contributed by atoms with Crippen LogP contribution in [-0.4, -0.2) is 44.3 Å². The Labute approximate surface area is 162 Å². The third kappa shape index (κ3) is 5.85. The summed E-state index contributed by atoms with van der Waals surface area (Å²) >= 11 is 0. The van der Waals surface area contributed by atoms with Crippen LogP contribution in [0.5, 0.6) is 11.5 Å². The number of amides is 2. The SMILES string of the molecule is CCN(CC)C(CNC(=O)Nc1ccc(OC)c(OC(F)F)c1)c1ccco1. The Morgan fingerprint density at radius 1 is 1.21 bits per heavy atom. The number of carbonyl (C=O) groups excluding carboxylic acids is 1. The molecule has 2 N–H and O–H groups in total. The van der Waals surface area contributed by atoms with Gasteiger partial charge in [0.15, 0.2) is 11.5 Å². The first-order valence-corrected chi connectivity index (χ1v) is 8.93. The number of likely N-dealkylation sites (N-methyl/N-ethyl adjacent to an activating group) is 1. The first kappa shape index (κ1) is 21.5. The number of anilines is 1. The molecule has 0 bridgehead atoms. The molecule has 1 aromatic carbocycles. The first-order valence-electron chi connectivity index (χ1n) is 8.93. The average Bonchev–Trinajstić information content (AvgIpc) is 3.19. The predicted octanol–water partition coefficient (Wildman–Crippen LogP) is 4.09. The van der Waals surface area contributed by atoms with E-state index in [1.54, 1.807) is 12.3 Å². The van der Waals surface area contributed by atoms with Crippen molar-refractivity contribution in [3.8, 4) is 11.5 Å². The molecule has 9 heteroatoms. The Kier molecular flexibility index (Phi) is 8.06. The third-order valence-corrected chi connectivity index (χ3v) is 4.22. The lowest BCUT2D eigenvalue weighted by Gasteiger charge is -2.28. The zero-order valence-corrected chi connectivity index (χ0v) is 16.1. The molecule has 154 valence electrons. The van der Waals surface area contributed by atoms with Gasteiger partial charge in [0, 0.05) is 18.3 Å². The number of alkyl halides is 2. The van der Waals surface area contributed by atoms with Gasteiger partial charge in [-0.2, -0.15) is 8.78 Å². The van der Waals surface area contributed by atoms with E-state index >= 15 is 0 Å². The molecule has 2 amide bonds. The molecule has 0 spiro atoms. The summed E-state index contributed by atoms with van der Waals surface area (Å²) in [4.78, 5) is 14.4. The number of halogens is 2. The molecule has 0 radical (unpaired) electrons. The number of hydrogen-bond acceptors (Lipinski definition) is 5. The molecule has 1 unspecified atom stereocenters. The number of nitrogens with zero attached hydrogens (tertiary/aromatic N) is 1. The minimum absolute atomic E-state index is 0.121. The van der Waals surface area contributed by atoms with Crippen molar-refractivity contribution in [1.29, 1.82) is 0 Å². The zero-order chi connectivity index (χ0) is 20.5. The average molecular weight is 397 g/mol. The molecular weight excluding hydrogens is 372 g/mol. The lowest BCUT2D eigenvalue weighted by molar-refractivity contribution is -0.0511. The van der Waals surface area contributed by atoms with Crippen molar-refractivity contribution in [2.45, 2.75) is 26.5 Å². The Morgan fingerprint density at radius 3 is 2.54 bits per heavy atom. The molecule has 0 aliphatic heterocycles. The fraction of sp³-hybridized carbons (Fsp3) is 0.421. The van der Waals surface area contributed by atoms with Crippen LogP contribution in [0.15, 0.2) is 41.0 Å². The van der Waals surface area contributed by atoms with Crippen LogP contribution in [0.2, 0.25) is 0 Å². The fourth-order valence-electron chi connectivity index (χ4n) is 2.86. The summed E-state index contributed by atoms with van der Waals surface area (Å²) in [6.07, 6.45) is 1.59. The van der Waals surface area contributed by atoms with Gasteiger partial charge in [-0.15, -0.1) is 0 Å². The quantitative estimate of drug-likeness (QED) is 0.631. The maximum atomic E-state index is 12.5. The van der Waals surface area contributed by atoms with Crippen molar-refractivity contribution in [1.82, 2.24) is 10.2 Å². The van der Waals surface area contributed by atoms with Gasteiger partial charge >= 0.3 is 12.6 Å². The molecule has 1 heterocycles. The van der Waals surface area contributed by atoms with Crippen molar-refractivity contribution >= 4 is 11.7 Å². The monoisotopic (exact) mass is 397 g/mol. The van der Waals surface area contributed by atoms with Crippen LogP contribution < -0.4 is 20.1 Å². The van der Waals surface area contributed by atoms with Gasteiger partial charge in [-0.05, 0) is 37.4 Å². The predicted molar refractivity (Wildman–Crippen MR) is 101 cm³/mol. The number of rotatable bonds is 10. The highest BCUT2D eigenvalue weighted by molar-refractivity contribution is 5.89. The Hall–Kier alpha value is -2.81. The molecule has 0 aliphatic carbocycles. The molecule has 28 heavy (non-hydrogen) atoms. The first-order chi connectivity index (χ1) is 13.5. The maximum absolute atomic E-state index is 12.5. The summed E-state index contributed by atoms with van der Waals surface area (Å²) in [6.45, 7) is 2.96. The third-order valence-electron chi connectivity index (χ3n) is 4.22. The number of carbonyl (C=O) groups is 1. The maximum Gasteiger partial charge on any atom is 0.387 e.